The van der Waals surface area contributed by atoms with E-state index in [1.807, 2.05) is 13.8 Å². The summed E-state index contributed by atoms with van der Waals surface area (Å²) in [6.07, 6.45) is 1.72. The number of nitrogens with one attached hydrogen (secondary N) is 1. The largest absolute Gasteiger partial charge is 0.425 e. The fourth-order valence-corrected chi connectivity index (χ4v) is 4.38. The summed E-state index contributed by atoms with van der Waals surface area (Å²) in [5.41, 5.74) is 1.47. The number of aryl methyl sites for hydroxylation is 2. The number of hydrogen-bond donors (Lipinski definition) is 1. The first kappa shape index (κ1) is 22.7. The van der Waals surface area contributed by atoms with Crippen LogP contribution >= 0.6 is 0 Å². The molecule has 0 saturated carbocycles. The standard InChI is InChI=1S/C23H25NO6S/c1-4-5-6-20(24-31(27,28)18-10-7-15(2)8-11-18)23(26)29-17-9-12-19-16(3)13-22(25)30-21(19)14-17/h7-14,20,24H,4-6H2,1-3H3. The molecule has 1 unspecified atom stereocenters. The molecule has 0 aliphatic rings. The van der Waals surface area contributed by atoms with Crippen LogP contribution in [0, 0.1) is 13.8 Å². The Morgan fingerprint density at radius 2 is 1.81 bits per heavy atom. The quantitative estimate of drug-likeness (QED) is 0.322. The van der Waals surface area contributed by atoms with E-state index in [1.165, 1.54) is 24.3 Å². The Kier molecular flexibility index (Phi) is 6.92. The fourth-order valence-electron chi connectivity index (χ4n) is 3.16. The van der Waals surface area contributed by atoms with Gasteiger partial charge in [0.05, 0.1) is 4.90 Å². The van der Waals surface area contributed by atoms with E-state index in [0.29, 0.717) is 18.4 Å². The van der Waals surface area contributed by atoms with Crippen molar-refractivity contribution in [2.24, 2.45) is 0 Å². The van der Waals surface area contributed by atoms with E-state index in [2.05, 4.69) is 4.72 Å². The molecule has 0 aliphatic carbocycles. The van der Waals surface area contributed by atoms with Crippen LogP contribution in [0.4, 0.5) is 0 Å². The first-order valence-corrected chi connectivity index (χ1v) is 11.5. The van der Waals surface area contributed by atoms with Gasteiger partial charge < -0.3 is 9.15 Å². The van der Waals surface area contributed by atoms with Crippen molar-refractivity contribution in [3.8, 4) is 5.75 Å². The normalized spacial score (nSPS) is 12.6. The molecule has 0 amide bonds. The predicted octanol–water partition coefficient (Wildman–Crippen LogP) is 3.85. The molecule has 164 valence electrons. The lowest BCUT2D eigenvalue weighted by Crippen LogP contribution is -2.42. The van der Waals surface area contributed by atoms with Gasteiger partial charge in [-0.2, -0.15) is 4.72 Å². The smallest absolute Gasteiger partial charge is 0.336 e. The van der Waals surface area contributed by atoms with Crippen molar-refractivity contribution in [1.82, 2.24) is 4.72 Å². The van der Waals surface area contributed by atoms with Gasteiger partial charge in [-0.25, -0.2) is 18.0 Å². The van der Waals surface area contributed by atoms with E-state index >= 15 is 0 Å². The van der Waals surface area contributed by atoms with Gasteiger partial charge in [-0.15, -0.1) is 0 Å². The summed E-state index contributed by atoms with van der Waals surface area (Å²) in [4.78, 5) is 24.5. The summed E-state index contributed by atoms with van der Waals surface area (Å²) in [6, 6.07) is 11.4. The summed E-state index contributed by atoms with van der Waals surface area (Å²) in [7, 11) is -3.90. The first-order chi connectivity index (χ1) is 14.7. The van der Waals surface area contributed by atoms with Gasteiger partial charge in [0.25, 0.3) is 0 Å². The van der Waals surface area contributed by atoms with Crippen LogP contribution in [0.2, 0.25) is 0 Å². The van der Waals surface area contributed by atoms with Gasteiger partial charge in [0, 0.05) is 17.5 Å². The number of unbranched alkanes of at least 4 members (excludes halogenated alkanes) is 1. The molecule has 3 aromatic rings. The second-order valence-electron chi connectivity index (χ2n) is 7.46. The number of ether oxygens (including phenoxy) is 1. The molecule has 0 spiro atoms. The maximum absolute atomic E-state index is 12.8. The van der Waals surface area contributed by atoms with Crippen LogP contribution in [0.5, 0.6) is 5.75 Å². The Balaban J connectivity index is 1.83. The molecular weight excluding hydrogens is 418 g/mol. The number of rotatable bonds is 8. The molecule has 1 aromatic heterocycles. The summed E-state index contributed by atoms with van der Waals surface area (Å²) in [6.45, 7) is 5.59. The van der Waals surface area contributed by atoms with Crippen molar-refractivity contribution < 1.29 is 22.4 Å². The maximum atomic E-state index is 12.8. The molecule has 0 saturated heterocycles. The van der Waals surface area contributed by atoms with Gasteiger partial charge in [-0.1, -0.05) is 37.5 Å². The molecule has 0 bridgehead atoms. The van der Waals surface area contributed by atoms with Crippen LogP contribution < -0.4 is 15.1 Å². The highest BCUT2D eigenvalue weighted by Gasteiger charge is 2.27. The van der Waals surface area contributed by atoms with Gasteiger partial charge in [0.15, 0.2) is 0 Å². The zero-order valence-electron chi connectivity index (χ0n) is 17.7. The van der Waals surface area contributed by atoms with E-state index in [9.17, 15) is 18.0 Å². The average molecular weight is 444 g/mol. The van der Waals surface area contributed by atoms with Gasteiger partial charge in [0.1, 0.15) is 17.4 Å². The Labute approximate surface area is 181 Å². The average Bonchev–Trinajstić information content (AvgIpc) is 2.71. The Morgan fingerprint density at radius 3 is 2.48 bits per heavy atom. The lowest BCUT2D eigenvalue weighted by atomic mass is 10.1. The van der Waals surface area contributed by atoms with E-state index in [0.717, 1.165) is 22.9 Å². The van der Waals surface area contributed by atoms with Crippen LogP contribution in [-0.2, 0) is 14.8 Å². The first-order valence-electron chi connectivity index (χ1n) is 10.0. The molecule has 0 aliphatic heterocycles. The molecule has 31 heavy (non-hydrogen) atoms. The molecule has 0 fully saturated rings. The van der Waals surface area contributed by atoms with Crippen molar-refractivity contribution in [2.45, 2.75) is 51.0 Å². The summed E-state index contributed by atoms with van der Waals surface area (Å²) >= 11 is 0. The predicted molar refractivity (Wildman–Crippen MR) is 118 cm³/mol. The van der Waals surface area contributed by atoms with Crippen molar-refractivity contribution in [3.05, 3.63) is 70.1 Å². The Morgan fingerprint density at radius 1 is 1.10 bits per heavy atom. The highest BCUT2D eigenvalue weighted by molar-refractivity contribution is 7.89. The number of esters is 1. The van der Waals surface area contributed by atoms with Crippen molar-refractivity contribution in [2.75, 3.05) is 0 Å². The molecular formula is C23H25NO6S. The molecule has 1 atom stereocenters. The van der Waals surface area contributed by atoms with Gasteiger partial charge >= 0.3 is 11.6 Å². The molecule has 1 N–H and O–H groups in total. The summed E-state index contributed by atoms with van der Waals surface area (Å²) in [5.74, 6) is -0.555. The van der Waals surface area contributed by atoms with E-state index in [4.69, 9.17) is 9.15 Å². The topological polar surface area (TPSA) is 103 Å². The van der Waals surface area contributed by atoms with Crippen molar-refractivity contribution in [3.63, 3.8) is 0 Å². The van der Waals surface area contributed by atoms with Crippen molar-refractivity contribution >= 4 is 27.0 Å². The van der Waals surface area contributed by atoms with Crippen LogP contribution in [0.25, 0.3) is 11.0 Å². The molecule has 2 aromatic carbocycles. The molecule has 8 heteroatoms. The Hall–Kier alpha value is -2.97. The lowest BCUT2D eigenvalue weighted by molar-refractivity contribution is -0.136. The number of carbonyl (C=O) groups excluding carboxylic acids is 1. The minimum Gasteiger partial charge on any atom is -0.425 e. The number of fused-ring (bicyclic) bond motifs is 1. The summed E-state index contributed by atoms with van der Waals surface area (Å²) < 4.78 is 38.6. The SMILES string of the molecule is CCCCC(NS(=O)(=O)c1ccc(C)cc1)C(=O)Oc1ccc2c(C)cc(=O)oc2c1. The molecule has 3 rings (SSSR count). The van der Waals surface area contributed by atoms with E-state index < -0.39 is 27.7 Å². The molecule has 7 nitrogen and oxygen atoms in total. The minimum absolute atomic E-state index is 0.0790. The Bertz CT molecular complexity index is 1250. The van der Waals surface area contributed by atoms with E-state index in [-0.39, 0.29) is 10.6 Å². The van der Waals surface area contributed by atoms with Crippen LogP contribution in [0.3, 0.4) is 0 Å². The maximum Gasteiger partial charge on any atom is 0.336 e. The van der Waals surface area contributed by atoms with Gasteiger partial charge in [0.2, 0.25) is 10.0 Å². The van der Waals surface area contributed by atoms with E-state index in [1.54, 1.807) is 31.2 Å². The third-order valence-corrected chi connectivity index (χ3v) is 6.39. The fraction of sp³-hybridized carbons (Fsp3) is 0.304. The summed E-state index contributed by atoms with van der Waals surface area (Å²) in [5, 5.41) is 0.724. The van der Waals surface area contributed by atoms with Crippen LogP contribution in [0.15, 0.2) is 62.6 Å². The second-order valence-corrected chi connectivity index (χ2v) is 9.17. The molecule has 0 radical (unpaired) electrons. The molecule has 1 heterocycles. The lowest BCUT2D eigenvalue weighted by Gasteiger charge is -2.18. The highest BCUT2D eigenvalue weighted by atomic mass is 32.2. The van der Waals surface area contributed by atoms with Crippen molar-refractivity contribution in [1.29, 1.82) is 0 Å². The monoisotopic (exact) mass is 443 g/mol. The minimum atomic E-state index is -3.90. The second kappa shape index (κ2) is 9.45. The third-order valence-electron chi connectivity index (χ3n) is 4.90. The number of carbonyl (C=O) groups is 1. The number of sulfonamides is 1. The highest BCUT2D eigenvalue weighted by Crippen LogP contribution is 2.23. The van der Waals surface area contributed by atoms with Crippen LogP contribution in [0.1, 0.15) is 37.3 Å². The van der Waals surface area contributed by atoms with Gasteiger partial charge in [-0.3, -0.25) is 0 Å². The van der Waals surface area contributed by atoms with Gasteiger partial charge in [-0.05, 0) is 50.1 Å². The third kappa shape index (κ3) is 5.59. The number of hydrogen-bond acceptors (Lipinski definition) is 6. The number of benzene rings is 2. The zero-order chi connectivity index (χ0) is 22.6. The van der Waals surface area contributed by atoms with Crippen LogP contribution in [-0.4, -0.2) is 20.4 Å². The zero-order valence-corrected chi connectivity index (χ0v) is 18.5.